The van der Waals surface area contributed by atoms with E-state index >= 15 is 0 Å². The molecule has 0 saturated heterocycles. The Hall–Kier alpha value is -1.24. The summed E-state index contributed by atoms with van der Waals surface area (Å²) in [6.45, 7) is 2.64. The lowest BCUT2D eigenvalue weighted by Gasteiger charge is -2.05. The first-order chi connectivity index (χ1) is 7.40. The van der Waals surface area contributed by atoms with E-state index < -0.39 is 5.97 Å². The average Bonchev–Trinajstić information content (AvgIpc) is 2.15. The van der Waals surface area contributed by atoms with Gasteiger partial charge in [-0.2, -0.15) is 0 Å². The summed E-state index contributed by atoms with van der Waals surface area (Å²) in [6, 6.07) is 4.35. The second-order valence-electron chi connectivity index (χ2n) is 3.17. The number of carbonyl (C=O) groups excluding carboxylic acids is 3. The molecule has 0 N–H and O–H groups in total. The van der Waals surface area contributed by atoms with E-state index in [2.05, 4.69) is 0 Å². The summed E-state index contributed by atoms with van der Waals surface area (Å²) >= 11 is 1.61. The van der Waals surface area contributed by atoms with E-state index in [1.54, 1.807) is 22.6 Å². The Morgan fingerprint density at radius 3 is 2.06 bits per heavy atom. The second kappa shape index (κ2) is 5.20. The van der Waals surface area contributed by atoms with E-state index in [-0.39, 0.29) is 15.3 Å². The Balaban J connectivity index is 3.23. The fourth-order valence-corrected chi connectivity index (χ4v) is 1.45. The van der Waals surface area contributed by atoms with Crippen molar-refractivity contribution in [1.82, 2.24) is 0 Å². The summed E-state index contributed by atoms with van der Waals surface area (Å²) in [4.78, 5) is 33.2. The molecule has 0 amide bonds. The van der Waals surface area contributed by atoms with Crippen LogP contribution in [0.1, 0.15) is 34.6 Å². The van der Waals surface area contributed by atoms with Crippen LogP contribution in [0.4, 0.5) is 0 Å². The fourth-order valence-electron chi connectivity index (χ4n) is 1.14. The van der Waals surface area contributed by atoms with Crippen molar-refractivity contribution in [2.75, 3.05) is 0 Å². The number of carbonyl (C=O) groups is 3. The van der Waals surface area contributed by atoms with Crippen LogP contribution in [0.25, 0.3) is 0 Å². The zero-order valence-corrected chi connectivity index (χ0v) is 10.9. The van der Waals surface area contributed by atoms with Crippen LogP contribution in [0.15, 0.2) is 18.2 Å². The largest absolute Gasteiger partial charge is 0.427 e. The van der Waals surface area contributed by atoms with Gasteiger partial charge in [0.05, 0.1) is 0 Å². The summed E-state index contributed by atoms with van der Waals surface area (Å²) in [6.07, 6.45) is 0. The van der Waals surface area contributed by atoms with Gasteiger partial charge in [0.15, 0.2) is 5.78 Å². The summed E-state index contributed by atoms with van der Waals surface area (Å²) < 4.78 is 4.64. The van der Waals surface area contributed by atoms with Gasteiger partial charge in [-0.25, -0.2) is 0 Å². The first kappa shape index (κ1) is 12.8. The molecular formula is C11H9IO4. The Morgan fingerprint density at radius 1 is 1.06 bits per heavy atom. The molecule has 0 aliphatic rings. The van der Waals surface area contributed by atoms with Gasteiger partial charge in [0.2, 0.25) is 3.79 Å². The number of ketones is 1. The van der Waals surface area contributed by atoms with Gasteiger partial charge in [0.1, 0.15) is 5.75 Å². The zero-order valence-electron chi connectivity index (χ0n) is 8.74. The van der Waals surface area contributed by atoms with Crippen molar-refractivity contribution >= 4 is 38.1 Å². The minimum atomic E-state index is -0.493. The molecule has 16 heavy (non-hydrogen) atoms. The van der Waals surface area contributed by atoms with Gasteiger partial charge in [-0.3, -0.25) is 14.4 Å². The van der Waals surface area contributed by atoms with E-state index in [1.807, 2.05) is 0 Å². The summed E-state index contributed by atoms with van der Waals surface area (Å²) in [7, 11) is 0. The molecule has 0 aromatic heterocycles. The van der Waals surface area contributed by atoms with Crippen molar-refractivity contribution in [1.29, 1.82) is 0 Å². The summed E-state index contributed by atoms with van der Waals surface area (Å²) in [5.74, 6) is -0.472. The number of ether oxygens (including phenoxy) is 1. The standard InChI is InChI=1S/C11H9IO4/c1-6(13)8-3-9(11(12)15)5-10(4-8)16-7(2)14/h3-5H,1-2H3. The Labute approximate surface area is 106 Å². The maximum Gasteiger partial charge on any atom is 0.308 e. The van der Waals surface area contributed by atoms with E-state index in [0.717, 1.165) is 0 Å². The highest BCUT2D eigenvalue weighted by Crippen LogP contribution is 2.20. The molecule has 0 spiro atoms. The lowest BCUT2D eigenvalue weighted by atomic mass is 10.1. The van der Waals surface area contributed by atoms with E-state index in [0.29, 0.717) is 11.1 Å². The molecule has 0 saturated carbocycles. The van der Waals surface area contributed by atoms with Gasteiger partial charge < -0.3 is 4.74 Å². The van der Waals surface area contributed by atoms with Gasteiger partial charge >= 0.3 is 5.97 Å². The zero-order chi connectivity index (χ0) is 12.3. The summed E-state index contributed by atoms with van der Waals surface area (Å²) in [5, 5.41) is 0. The van der Waals surface area contributed by atoms with Crippen molar-refractivity contribution < 1.29 is 19.1 Å². The molecule has 0 atom stereocenters. The quantitative estimate of drug-likeness (QED) is 0.280. The van der Waals surface area contributed by atoms with Crippen LogP contribution in [0.3, 0.4) is 0 Å². The molecular weight excluding hydrogens is 323 g/mol. The molecule has 5 heteroatoms. The Bertz CT molecular complexity index is 433. The van der Waals surface area contributed by atoms with Gasteiger partial charge in [0.25, 0.3) is 0 Å². The number of hydrogen-bond donors (Lipinski definition) is 0. The van der Waals surface area contributed by atoms with Crippen molar-refractivity contribution in [2.45, 2.75) is 13.8 Å². The molecule has 0 aliphatic heterocycles. The first-order valence-corrected chi connectivity index (χ1v) is 5.52. The monoisotopic (exact) mass is 332 g/mol. The molecule has 1 aromatic rings. The highest BCUT2D eigenvalue weighted by molar-refractivity contribution is 14.1. The third kappa shape index (κ3) is 3.41. The molecule has 0 heterocycles. The van der Waals surface area contributed by atoms with Crippen LogP contribution in [0.2, 0.25) is 0 Å². The highest BCUT2D eigenvalue weighted by Gasteiger charge is 2.10. The van der Waals surface area contributed by atoms with Crippen LogP contribution in [-0.2, 0) is 4.79 Å². The maximum absolute atomic E-state index is 11.2. The van der Waals surface area contributed by atoms with Crippen LogP contribution in [0.5, 0.6) is 5.75 Å². The van der Waals surface area contributed by atoms with E-state index in [1.165, 1.54) is 32.0 Å². The third-order valence-corrected chi connectivity index (χ3v) is 2.42. The number of benzene rings is 1. The molecule has 0 bridgehead atoms. The highest BCUT2D eigenvalue weighted by atomic mass is 127. The fraction of sp³-hybridized carbons (Fsp3) is 0.182. The maximum atomic E-state index is 11.2. The number of hydrogen-bond acceptors (Lipinski definition) is 4. The predicted molar refractivity (Wildman–Crippen MR) is 66.1 cm³/mol. The minimum absolute atomic E-state index is 0.187. The molecule has 1 rings (SSSR count). The van der Waals surface area contributed by atoms with E-state index in [9.17, 15) is 14.4 Å². The van der Waals surface area contributed by atoms with E-state index in [4.69, 9.17) is 4.74 Å². The first-order valence-electron chi connectivity index (χ1n) is 4.44. The molecule has 0 aliphatic carbocycles. The van der Waals surface area contributed by atoms with Gasteiger partial charge in [-0.05, 0) is 25.1 Å². The molecule has 0 radical (unpaired) electrons. The Kier molecular flexibility index (Phi) is 4.17. The van der Waals surface area contributed by atoms with Gasteiger partial charge in [-0.1, -0.05) is 0 Å². The Morgan fingerprint density at radius 2 is 1.62 bits per heavy atom. The predicted octanol–water partition coefficient (Wildman–Crippen LogP) is 2.39. The number of Topliss-reactive ketones (excluding diaryl/α,β-unsaturated/α-hetero) is 1. The normalized spacial score (nSPS) is 9.69. The molecule has 1 aromatic carbocycles. The molecule has 4 nitrogen and oxygen atoms in total. The third-order valence-electron chi connectivity index (χ3n) is 1.80. The lowest BCUT2D eigenvalue weighted by Crippen LogP contribution is -2.04. The van der Waals surface area contributed by atoms with Crippen LogP contribution >= 0.6 is 22.6 Å². The van der Waals surface area contributed by atoms with Crippen molar-refractivity contribution in [3.05, 3.63) is 29.3 Å². The average molecular weight is 332 g/mol. The molecule has 0 unspecified atom stereocenters. The summed E-state index contributed by atoms with van der Waals surface area (Å²) in [5.41, 5.74) is 0.684. The van der Waals surface area contributed by atoms with Crippen molar-refractivity contribution in [3.63, 3.8) is 0 Å². The van der Waals surface area contributed by atoms with Crippen molar-refractivity contribution in [2.24, 2.45) is 0 Å². The smallest absolute Gasteiger partial charge is 0.308 e. The van der Waals surface area contributed by atoms with Gasteiger partial charge in [-0.15, -0.1) is 0 Å². The van der Waals surface area contributed by atoms with Crippen LogP contribution in [-0.4, -0.2) is 15.5 Å². The lowest BCUT2D eigenvalue weighted by molar-refractivity contribution is -0.131. The SMILES string of the molecule is CC(=O)Oc1cc(C(C)=O)cc(C(=O)I)c1. The molecule has 84 valence electrons. The second-order valence-corrected chi connectivity index (χ2v) is 4.15. The van der Waals surface area contributed by atoms with Crippen LogP contribution in [0, 0.1) is 0 Å². The van der Waals surface area contributed by atoms with Crippen molar-refractivity contribution in [3.8, 4) is 5.75 Å². The van der Waals surface area contributed by atoms with Crippen LogP contribution < -0.4 is 4.74 Å². The number of halogens is 1. The number of esters is 1. The topological polar surface area (TPSA) is 60.4 Å². The molecule has 0 fully saturated rings. The van der Waals surface area contributed by atoms with Gasteiger partial charge in [0, 0.05) is 40.6 Å². The minimum Gasteiger partial charge on any atom is -0.427 e. The number of rotatable bonds is 3.